The number of hydrogen-bond acceptors (Lipinski definition) is 4. The van der Waals surface area contributed by atoms with E-state index in [9.17, 15) is 14.5 Å². The molecule has 0 aliphatic carbocycles. The number of hydrogen-bond donors (Lipinski definition) is 0. The molecule has 0 saturated carbocycles. The summed E-state index contributed by atoms with van der Waals surface area (Å²) >= 11 is 1.81. The Bertz CT molecular complexity index is 470. The molecule has 1 saturated heterocycles. The Morgan fingerprint density at radius 2 is 2.37 bits per heavy atom. The summed E-state index contributed by atoms with van der Waals surface area (Å²) in [5, 5.41) is 10.9. The van der Waals surface area contributed by atoms with Crippen molar-refractivity contribution in [2.45, 2.75) is 13.0 Å². The molecule has 1 aliphatic rings. The van der Waals surface area contributed by atoms with Gasteiger partial charge in [-0.3, -0.25) is 15.0 Å². The van der Waals surface area contributed by atoms with Crippen LogP contribution in [0.25, 0.3) is 0 Å². The Morgan fingerprint density at radius 1 is 1.58 bits per heavy atom. The summed E-state index contributed by atoms with van der Waals surface area (Å²) in [7, 11) is 0. The molecule has 0 amide bonds. The molecule has 6 heteroatoms. The first-order valence-corrected chi connectivity index (χ1v) is 7.64. The second kappa shape index (κ2) is 6.34. The smallest absolute Gasteiger partial charge is 0.276 e. The van der Waals surface area contributed by atoms with Crippen LogP contribution in [0.4, 0.5) is 10.1 Å². The molecular weight excluding hydrogens is 267 g/mol. The van der Waals surface area contributed by atoms with Gasteiger partial charge in [0, 0.05) is 19.2 Å². The van der Waals surface area contributed by atoms with Crippen LogP contribution in [-0.2, 0) is 6.54 Å². The molecule has 0 N–H and O–H groups in total. The molecule has 1 atom stereocenters. The van der Waals surface area contributed by atoms with E-state index in [0.29, 0.717) is 12.5 Å². The predicted molar refractivity (Wildman–Crippen MR) is 74.8 cm³/mol. The first kappa shape index (κ1) is 14.3. The number of likely N-dealkylation sites (tertiary alicyclic amines) is 1. The van der Waals surface area contributed by atoms with E-state index in [1.807, 2.05) is 11.8 Å². The van der Waals surface area contributed by atoms with Crippen LogP contribution in [0, 0.1) is 21.8 Å². The standard InChI is InChI=1S/C13H17FN2O2S/c1-19-9-10-5-6-15(7-10)8-11-12(14)3-2-4-13(11)16(17)18/h2-4,10H,5-9H2,1H3. The SMILES string of the molecule is CSCC1CCN(Cc2c(F)cccc2[N+](=O)[O-])C1. The summed E-state index contributed by atoms with van der Waals surface area (Å²) in [6.45, 7) is 2.11. The molecule has 1 unspecified atom stereocenters. The highest BCUT2D eigenvalue weighted by atomic mass is 32.2. The zero-order valence-electron chi connectivity index (χ0n) is 10.8. The van der Waals surface area contributed by atoms with Gasteiger partial charge in [-0.15, -0.1) is 0 Å². The maximum Gasteiger partial charge on any atom is 0.276 e. The van der Waals surface area contributed by atoms with Gasteiger partial charge < -0.3 is 0 Å². The Kier molecular flexibility index (Phi) is 4.76. The van der Waals surface area contributed by atoms with Crippen molar-refractivity contribution in [1.82, 2.24) is 4.90 Å². The Balaban J connectivity index is 2.09. The maximum absolute atomic E-state index is 13.8. The maximum atomic E-state index is 13.8. The molecule has 1 aromatic carbocycles. The molecule has 1 aliphatic heterocycles. The molecule has 2 rings (SSSR count). The third-order valence-electron chi connectivity index (χ3n) is 3.44. The lowest BCUT2D eigenvalue weighted by Gasteiger charge is -2.16. The van der Waals surface area contributed by atoms with E-state index in [1.54, 1.807) is 0 Å². The van der Waals surface area contributed by atoms with Crippen molar-refractivity contribution < 1.29 is 9.31 Å². The Morgan fingerprint density at radius 3 is 3.05 bits per heavy atom. The highest BCUT2D eigenvalue weighted by molar-refractivity contribution is 7.98. The predicted octanol–water partition coefficient (Wildman–Crippen LogP) is 2.92. The van der Waals surface area contributed by atoms with Crippen LogP contribution in [0.2, 0.25) is 0 Å². The van der Waals surface area contributed by atoms with Crippen LogP contribution in [-0.4, -0.2) is 34.9 Å². The van der Waals surface area contributed by atoms with Crippen molar-refractivity contribution in [2.75, 3.05) is 25.1 Å². The van der Waals surface area contributed by atoms with Gasteiger partial charge in [0.1, 0.15) is 5.82 Å². The van der Waals surface area contributed by atoms with Gasteiger partial charge in [-0.1, -0.05) is 6.07 Å². The zero-order chi connectivity index (χ0) is 13.8. The quantitative estimate of drug-likeness (QED) is 0.616. The fraction of sp³-hybridized carbons (Fsp3) is 0.538. The first-order valence-electron chi connectivity index (χ1n) is 6.25. The van der Waals surface area contributed by atoms with Crippen molar-refractivity contribution in [1.29, 1.82) is 0 Å². The summed E-state index contributed by atoms with van der Waals surface area (Å²) in [4.78, 5) is 12.5. The molecule has 1 fully saturated rings. The zero-order valence-corrected chi connectivity index (χ0v) is 11.7. The lowest BCUT2D eigenvalue weighted by Crippen LogP contribution is -2.22. The Labute approximate surface area is 116 Å². The van der Waals surface area contributed by atoms with Crippen LogP contribution in [0.1, 0.15) is 12.0 Å². The molecule has 104 valence electrons. The van der Waals surface area contributed by atoms with E-state index < -0.39 is 10.7 Å². The topological polar surface area (TPSA) is 46.4 Å². The van der Waals surface area contributed by atoms with Crippen LogP contribution in [0.15, 0.2) is 18.2 Å². The van der Waals surface area contributed by atoms with Crippen molar-refractivity contribution >= 4 is 17.4 Å². The number of nitro benzene ring substituents is 1. The number of thioether (sulfide) groups is 1. The van der Waals surface area contributed by atoms with Crippen LogP contribution in [0.5, 0.6) is 0 Å². The molecule has 1 heterocycles. The number of rotatable bonds is 5. The van der Waals surface area contributed by atoms with Crippen LogP contribution < -0.4 is 0 Å². The highest BCUT2D eigenvalue weighted by Crippen LogP contribution is 2.26. The van der Waals surface area contributed by atoms with Crippen molar-refractivity contribution in [3.05, 3.63) is 39.7 Å². The van der Waals surface area contributed by atoms with E-state index in [2.05, 4.69) is 11.2 Å². The summed E-state index contributed by atoms with van der Waals surface area (Å²) in [5.41, 5.74) is 0.0885. The second-order valence-corrected chi connectivity index (χ2v) is 5.75. The summed E-state index contributed by atoms with van der Waals surface area (Å²) < 4.78 is 13.8. The van der Waals surface area contributed by atoms with Crippen molar-refractivity contribution in [3.63, 3.8) is 0 Å². The largest absolute Gasteiger partial charge is 0.298 e. The minimum absolute atomic E-state index is 0.117. The van der Waals surface area contributed by atoms with E-state index in [1.165, 1.54) is 18.2 Å². The number of halogens is 1. The summed E-state index contributed by atoms with van der Waals surface area (Å²) in [5.74, 6) is 1.22. The first-order chi connectivity index (χ1) is 9.11. The fourth-order valence-electron chi connectivity index (χ4n) is 2.53. The average molecular weight is 284 g/mol. The number of nitro groups is 1. The van der Waals surface area contributed by atoms with E-state index in [0.717, 1.165) is 25.3 Å². The monoisotopic (exact) mass is 284 g/mol. The van der Waals surface area contributed by atoms with E-state index >= 15 is 0 Å². The Hall–Kier alpha value is -1.14. The average Bonchev–Trinajstić information content (AvgIpc) is 2.79. The van der Waals surface area contributed by atoms with E-state index in [4.69, 9.17) is 0 Å². The lowest BCUT2D eigenvalue weighted by molar-refractivity contribution is -0.385. The molecule has 0 radical (unpaired) electrons. The second-order valence-electron chi connectivity index (χ2n) is 4.84. The minimum Gasteiger partial charge on any atom is -0.298 e. The van der Waals surface area contributed by atoms with Gasteiger partial charge >= 0.3 is 0 Å². The third kappa shape index (κ3) is 3.45. The van der Waals surface area contributed by atoms with Crippen LogP contribution in [0.3, 0.4) is 0 Å². The number of benzene rings is 1. The van der Waals surface area contributed by atoms with Gasteiger partial charge in [-0.2, -0.15) is 11.8 Å². The van der Waals surface area contributed by atoms with Gasteiger partial charge in [0.2, 0.25) is 0 Å². The highest BCUT2D eigenvalue weighted by Gasteiger charge is 2.26. The molecule has 4 nitrogen and oxygen atoms in total. The van der Waals surface area contributed by atoms with Crippen molar-refractivity contribution in [3.8, 4) is 0 Å². The summed E-state index contributed by atoms with van der Waals surface area (Å²) in [6.07, 6.45) is 3.16. The lowest BCUT2D eigenvalue weighted by atomic mass is 10.1. The molecule has 0 aromatic heterocycles. The number of nitrogens with zero attached hydrogens (tertiary/aromatic N) is 2. The van der Waals surface area contributed by atoms with Gasteiger partial charge in [0.05, 0.1) is 10.5 Å². The molecule has 1 aromatic rings. The fourth-order valence-corrected chi connectivity index (χ4v) is 3.27. The molecule has 0 spiro atoms. The van der Waals surface area contributed by atoms with Gasteiger partial charge in [0.25, 0.3) is 5.69 Å². The third-order valence-corrected chi connectivity index (χ3v) is 4.25. The van der Waals surface area contributed by atoms with Crippen molar-refractivity contribution in [2.24, 2.45) is 5.92 Å². The molecule has 0 bridgehead atoms. The van der Waals surface area contributed by atoms with Crippen LogP contribution >= 0.6 is 11.8 Å². The minimum atomic E-state index is -0.506. The summed E-state index contributed by atoms with van der Waals surface area (Å²) in [6, 6.07) is 4.04. The normalized spacial score (nSPS) is 19.8. The van der Waals surface area contributed by atoms with Gasteiger partial charge in [-0.25, -0.2) is 4.39 Å². The molecular formula is C13H17FN2O2S. The molecule has 19 heavy (non-hydrogen) atoms. The van der Waals surface area contributed by atoms with E-state index in [-0.39, 0.29) is 11.3 Å². The van der Waals surface area contributed by atoms with Gasteiger partial charge in [-0.05, 0) is 37.0 Å². The van der Waals surface area contributed by atoms with Gasteiger partial charge in [0.15, 0.2) is 0 Å².